The highest BCUT2D eigenvalue weighted by Gasteiger charge is 2.21. The van der Waals surface area contributed by atoms with Crippen molar-refractivity contribution in [3.63, 3.8) is 0 Å². The van der Waals surface area contributed by atoms with E-state index in [4.69, 9.17) is 4.74 Å². The fourth-order valence-electron chi connectivity index (χ4n) is 1.47. The van der Waals surface area contributed by atoms with E-state index in [0.29, 0.717) is 5.75 Å². The summed E-state index contributed by atoms with van der Waals surface area (Å²) in [5.74, 6) is 0.0192. The number of carbonyl (C=O) groups is 2. The second-order valence-electron chi connectivity index (χ2n) is 3.10. The summed E-state index contributed by atoms with van der Waals surface area (Å²) in [6, 6.07) is 5.20. The predicted octanol–water partition coefficient (Wildman–Crippen LogP) is 1.11. The fourth-order valence-corrected chi connectivity index (χ4v) is 1.47. The number of hydrogen-bond donors (Lipinski definition) is 1. The Balaban J connectivity index is 2.39. The summed E-state index contributed by atoms with van der Waals surface area (Å²) < 4.78 is 4.97. The van der Waals surface area contributed by atoms with Crippen LogP contribution in [0.1, 0.15) is 12.5 Å². The second kappa shape index (κ2) is 3.14. The summed E-state index contributed by atoms with van der Waals surface area (Å²) in [5.41, 5.74) is 1.49. The first-order valence-electron chi connectivity index (χ1n) is 4.27. The topological polar surface area (TPSA) is 55.4 Å². The van der Waals surface area contributed by atoms with Crippen LogP contribution < -0.4 is 10.1 Å². The average molecular weight is 191 g/mol. The lowest BCUT2D eigenvalue weighted by molar-refractivity contribution is -0.132. The Morgan fingerprint density at radius 2 is 2.29 bits per heavy atom. The Hall–Kier alpha value is -1.84. The molecule has 14 heavy (non-hydrogen) atoms. The van der Waals surface area contributed by atoms with Gasteiger partial charge in [-0.05, 0) is 12.1 Å². The smallest absolute Gasteiger partial charge is 0.308 e. The van der Waals surface area contributed by atoms with Crippen LogP contribution in [0, 0.1) is 0 Å². The molecule has 1 amide bonds. The van der Waals surface area contributed by atoms with Gasteiger partial charge in [0.25, 0.3) is 0 Å². The van der Waals surface area contributed by atoms with Crippen LogP contribution in [0.5, 0.6) is 5.75 Å². The van der Waals surface area contributed by atoms with E-state index < -0.39 is 0 Å². The second-order valence-corrected chi connectivity index (χ2v) is 3.10. The number of fused-ring (bicyclic) bond motifs is 1. The fraction of sp³-hybridized carbons (Fsp3) is 0.200. The Bertz CT molecular complexity index is 412. The predicted molar refractivity (Wildman–Crippen MR) is 50.1 cm³/mol. The lowest BCUT2D eigenvalue weighted by Crippen LogP contribution is -2.04. The maximum atomic E-state index is 11.1. The van der Waals surface area contributed by atoms with Crippen molar-refractivity contribution >= 4 is 17.6 Å². The first kappa shape index (κ1) is 8.74. The number of hydrogen-bond acceptors (Lipinski definition) is 3. The number of anilines is 1. The SMILES string of the molecule is CC(=O)Oc1cccc2c1CC(=O)N2. The Morgan fingerprint density at radius 3 is 3.00 bits per heavy atom. The van der Waals surface area contributed by atoms with Gasteiger partial charge in [-0.2, -0.15) is 0 Å². The normalized spacial score (nSPS) is 13.4. The van der Waals surface area contributed by atoms with Crippen molar-refractivity contribution in [1.29, 1.82) is 0 Å². The molecule has 0 aliphatic carbocycles. The van der Waals surface area contributed by atoms with Crippen LogP contribution in [-0.2, 0) is 16.0 Å². The molecule has 4 nitrogen and oxygen atoms in total. The van der Waals surface area contributed by atoms with Gasteiger partial charge in [0, 0.05) is 18.2 Å². The summed E-state index contributed by atoms with van der Waals surface area (Å²) >= 11 is 0. The van der Waals surface area contributed by atoms with Gasteiger partial charge in [0.2, 0.25) is 5.91 Å². The zero-order chi connectivity index (χ0) is 10.1. The molecule has 4 heteroatoms. The minimum absolute atomic E-state index is 0.0698. The van der Waals surface area contributed by atoms with Crippen LogP contribution in [0.4, 0.5) is 5.69 Å². The highest BCUT2D eigenvalue weighted by atomic mass is 16.5. The lowest BCUT2D eigenvalue weighted by atomic mass is 10.1. The summed E-state index contributed by atoms with van der Waals surface area (Å²) in [4.78, 5) is 21.9. The van der Waals surface area contributed by atoms with Crippen LogP contribution in [0.25, 0.3) is 0 Å². The molecule has 1 aliphatic rings. The summed E-state index contributed by atoms with van der Waals surface area (Å²) in [7, 11) is 0. The minimum Gasteiger partial charge on any atom is -0.426 e. The molecule has 1 N–H and O–H groups in total. The molecule has 0 bridgehead atoms. The van der Waals surface area contributed by atoms with Gasteiger partial charge in [0.05, 0.1) is 6.42 Å². The molecule has 0 atom stereocenters. The zero-order valence-electron chi connectivity index (χ0n) is 7.66. The van der Waals surface area contributed by atoms with E-state index in [9.17, 15) is 9.59 Å². The van der Waals surface area contributed by atoms with Crippen LogP contribution >= 0.6 is 0 Å². The largest absolute Gasteiger partial charge is 0.426 e. The molecule has 1 aromatic carbocycles. The average Bonchev–Trinajstić information content (AvgIpc) is 2.45. The van der Waals surface area contributed by atoms with Crippen LogP contribution in [0.3, 0.4) is 0 Å². The van der Waals surface area contributed by atoms with Crippen molar-refractivity contribution in [3.8, 4) is 5.75 Å². The van der Waals surface area contributed by atoms with Crippen molar-refractivity contribution in [2.45, 2.75) is 13.3 Å². The van der Waals surface area contributed by atoms with Gasteiger partial charge in [-0.1, -0.05) is 6.07 Å². The number of nitrogens with one attached hydrogen (secondary N) is 1. The van der Waals surface area contributed by atoms with Crippen LogP contribution in [0.2, 0.25) is 0 Å². The molecule has 72 valence electrons. The molecule has 0 aromatic heterocycles. The zero-order valence-corrected chi connectivity index (χ0v) is 7.66. The van der Waals surface area contributed by atoms with E-state index in [2.05, 4.69) is 5.32 Å². The third-order valence-electron chi connectivity index (χ3n) is 2.00. The van der Waals surface area contributed by atoms with Crippen molar-refractivity contribution < 1.29 is 14.3 Å². The van der Waals surface area contributed by atoms with Crippen molar-refractivity contribution in [2.24, 2.45) is 0 Å². The molecule has 1 heterocycles. The standard InChI is InChI=1S/C10H9NO3/c1-6(12)14-9-4-2-3-8-7(9)5-10(13)11-8/h2-4H,5H2,1H3,(H,11,13). The Kier molecular flexibility index (Phi) is 1.96. The Labute approximate surface area is 80.9 Å². The minimum atomic E-state index is -0.377. The first-order chi connectivity index (χ1) is 6.66. The van der Waals surface area contributed by atoms with Gasteiger partial charge in [0.1, 0.15) is 5.75 Å². The van der Waals surface area contributed by atoms with E-state index in [0.717, 1.165) is 11.3 Å². The molecular formula is C10H9NO3. The third kappa shape index (κ3) is 1.46. The number of ether oxygens (including phenoxy) is 1. The van der Waals surface area contributed by atoms with E-state index in [1.54, 1.807) is 18.2 Å². The summed E-state index contributed by atoms with van der Waals surface area (Å²) in [5, 5.41) is 2.68. The van der Waals surface area contributed by atoms with Gasteiger partial charge in [-0.25, -0.2) is 0 Å². The van der Waals surface area contributed by atoms with Crippen molar-refractivity contribution in [1.82, 2.24) is 0 Å². The molecule has 0 saturated heterocycles. The number of esters is 1. The van der Waals surface area contributed by atoms with E-state index >= 15 is 0 Å². The number of benzene rings is 1. The molecule has 1 aliphatic heterocycles. The van der Waals surface area contributed by atoms with E-state index in [1.807, 2.05) is 0 Å². The third-order valence-corrected chi connectivity index (χ3v) is 2.00. The number of rotatable bonds is 1. The molecule has 0 radical (unpaired) electrons. The Morgan fingerprint density at radius 1 is 1.50 bits per heavy atom. The molecular weight excluding hydrogens is 182 g/mol. The van der Waals surface area contributed by atoms with Crippen molar-refractivity contribution in [3.05, 3.63) is 23.8 Å². The maximum Gasteiger partial charge on any atom is 0.308 e. The van der Waals surface area contributed by atoms with Gasteiger partial charge < -0.3 is 10.1 Å². The molecule has 0 unspecified atom stereocenters. The van der Waals surface area contributed by atoms with Crippen LogP contribution in [-0.4, -0.2) is 11.9 Å². The highest BCUT2D eigenvalue weighted by Crippen LogP contribution is 2.31. The molecule has 0 fully saturated rings. The van der Waals surface area contributed by atoms with Gasteiger partial charge in [-0.15, -0.1) is 0 Å². The van der Waals surface area contributed by atoms with E-state index in [-0.39, 0.29) is 18.3 Å². The molecule has 0 spiro atoms. The lowest BCUT2D eigenvalue weighted by Gasteiger charge is -2.05. The maximum absolute atomic E-state index is 11.1. The quantitative estimate of drug-likeness (QED) is 0.534. The summed E-state index contributed by atoms with van der Waals surface area (Å²) in [6.07, 6.45) is 0.277. The monoisotopic (exact) mass is 191 g/mol. The van der Waals surface area contributed by atoms with E-state index in [1.165, 1.54) is 6.92 Å². The van der Waals surface area contributed by atoms with Crippen molar-refractivity contribution in [2.75, 3.05) is 5.32 Å². The van der Waals surface area contributed by atoms with Gasteiger partial charge in [-0.3, -0.25) is 9.59 Å². The van der Waals surface area contributed by atoms with Gasteiger partial charge >= 0.3 is 5.97 Å². The highest BCUT2D eigenvalue weighted by molar-refractivity contribution is 6.00. The molecule has 1 aromatic rings. The number of amides is 1. The first-order valence-corrected chi connectivity index (χ1v) is 4.27. The van der Waals surface area contributed by atoms with Crippen LogP contribution in [0.15, 0.2) is 18.2 Å². The number of carbonyl (C=O) groups excluding carboxylic acids is 2. The summed E-state index contributed by atoms with van der Waals surface area (Å²) in [6.45, 7) is 1.34. The molecule has 2 rings (SSSR count). The van der Waals surface area contributed by atoms with Gasteiger partial charge in [0.15, 0.2) is 0 Å². The molecule has 0 saturated carbocycles.